The van der Waals surface area contributed by atoms with Gasteiger partial charge in [0.1, 0.15) is 5.58 Å². The molecule has 2 heteroatoms. The van der Waals surface area contributed by atoms with Gasteiger partial charge in [-0.15, -0.1) is 0 Å². The minimum atomic E-state index is 0.867. The van der Waals surface area contributed by atoms with E-state index < -0.39 is 0 Å². The smallest absolute Gasteiger partial charge is 0.159 e. The zero-order chi connectivity index (χ0) is 33.3. The van der Waals surface area contributed by atoms with Crippen LogP contribution in [0.15, 0.2) is 205 Å². The third-order valence-electron chi connectivity index (χ3n) is 9.48. The molecular formula is C48H33NO. The van der Waals surface area contributed by atoms with E-state index in [0.717, 1.165) is 44.6 Å². The number of rotatable bonds is 7. The van der Waals surface area contributed by atoms with Crippen LogP contribution in [0.1, 0.15) is 0 Å². The zero-order valence-electron chi connectivity index (χ0n) is 27.4. The average molecular weight is 640 g/mol. The quantitative estimate of drug-likeness (QED) is 0.173. The SMILES string of the molecule is c1ccc(-c2ccccc2-c2c(-c3ccccc3)cccc2-c2cccc(N(c3ccccc3)c3cccc4c3oc3ccccc34)c2)cc1. The summed E-state index contributed by atoms with van der Waals surface area (Å²) in [5, 5.41) is 2.22. The standard InChI is InChI=1S/C48H33NO/c1-4-17-34(18-5-1)39-25-10-11-27-43(39)47-40(35-19-6-2-7-20-35)28-15-29-41(47)36-21-14-24-38(33-36)49(37-22-8-3-9-23-37)45-31-16-30-44-42-26-12-13-32-46(42)50-48(44)45/h1-33H. The molecule has 0 saturated heterocycles. The van der Waals surface area contributed by atoms with Crippen molar-refractivity contribution in [3.05, 3.63) is 200 Å². The Morgan fingerprint density at radius 2 is 0.840 bits per heavy atom. The van der Waals surface area contributed by atoms with E-state index in [1.54, 1.807) is 0 Å². The number of anilines is 3. The summed E-state index contributed by atoms with van der Waals surface area (Å²) in [6.45, 7) is 0. The van der Waals surface area contributed by atoms with E-state index in [1.165, 1.54) is 38.9 Å². The van der Waals surface area contributed by atoms with Crippen LogP contribution in [0.3, 0.4) is 0 Å². The average Bonchev–Trinajstić information content (AvgIpc) is 3.59. The highest BCUT2D eigenvalue weighted by molar-refractivity contribution is 6.10. The van der Waals surface area contributed by atoms with E-state index in [0.29, 0.717) is 0 Å². The number of furan rings is 1. The molecule has 50 heavy (non-hydrogen) atoms. The molecule has 9 rings (SSSR count). The van der Waals surface area contributed by atoms with Gasteiger partial charge in [-0.05, 0) is 80.9 Å². The van der Waals surface area contributed by atoms with Crippen LogP contribution >= 0.6 is 0 Å². The van der Waals surface area contributed by atoms with Gasteiger partial charge in [0.25, 0.3) is 0 Å². The van der Waals surface area contributed by atoms with Crippen LogP contribution in [0.2, 0.25) is 0 Å². The molecule has 0 saturated carbocycles. The minimum Gasteiger partial charge on any atom is -0.454 e. The second-order valence-electron chi connectivity index (χ2n) is 12.5. The fraction of sp³-hybridized carbons (Fsp3) is 0. The van der Waals surface area contributed by atoms with Crippen molar-refractivity contribution in [2.45, 2.75) is 0 Å². The summed E-state index contributed by atoms with van der Waals surface area (Å²) < 4.78 is 6.58. The summed E-state index contributed by atoms with van der Waals surface area (Å²) in [6, 6.07) is 71.0. The molecule has 0 N–H and O–H groups in total. The van der Waals surface area contributed by atoms with Crippen LogP contribution in [-0.4, -0.2) is 0 Å². The van der Waals surface area contributed by atoms with Crippen LogP contribution < -0.4 is 4.90 Å². The molecule has 0 spiro atoms. The monoisotopic (exact) mass is 639 g/mol. The number of fused-ring (bicyclic) bond motifs is 3. The van der Waals surface area contributed by atoms with Crippen molar-refractivity contribution < 1.29 is 4.42 Å². The Hall–Kier alpha value is -6.64. The molecule has 0 fully saturated rings. The van der Waals surface area contributed by atoms with Gasteiger partial charge in [-0.2, -0.15) is 0 Å². The maximum atomic E-state index is 6.58. The first-order valence-electron chi connectivity index (χ1n) is 17.0. The van der Waals surface area contributed by atoms with Crippen LogP contribution in [0.25, 0.3) is 66.4 Å². The minimum absolute atomic E-state index is 0.867. The summed E-state index contributed by atoms with van der Waals surface area (Å²) in [4.78, 5) is 2.31. The molecule has 0 radical (unpaired) electrons. The Balaban J connectivity index is 1.28. The van der Waals surface area contributed by atoms with E-state index in [2.05, 4.69) is 193 Å². The molecule has 9 aromatic rings. The van der Waals surface area contributed by atoms with Gasteiger partial charge in [0, 0.05) is 22.1 Å². The highest BCUT2D eigenvalue weighted by Crippen LogP contribution is 2.46. The first kappa shape index (κ1) is 29.5. The third kappa shape index (κ3) is 5.24. The number of hydrogen-bond donors (Lipinski definition) is 0. The molecule has 0 atom stereocenters. The van der Waals surface area contributed by atoms with Crippen molar-refractivity contribution in [1.82, 2.24) is 0 Å². The van der Waals surface area contributed by atoms with E-state index in [-0.39, 0.29) is 0 Å². The lowest BCUT2D eigenvalue weighted by Crippen LogP contribution is -2.10. The maximum Gasteiger partial charge on any atom is 0.159 e. The normalized spacial score (nSPS) is 11.2. The van der Waals surface area contributed by atoms with Gasteiger partial charge in [-0.1, -0.05) is 164 Å². The predicted octanol–water partition coefficient (Wildman–Crippen LogP) is 13.7. The highest BCUT2D eigenvalue weighted by atomic mass is 16.3. The Morgan fingerprint density at radius 1 is 0.340 bits per heavy atom. The molecule has 236 valence electrons. The lowest BCUT2D eigenvalue weighted by Gasteiger charge is -2.26. The summed E-state index contributed by atoms with van der Waals surface area (Å²) in [5.74, 6) is 0. The van der Waals surface area contributed by atoms with Crippen LogP contribution in [-0.2, 0) is 0 Å². The van der Waals surface area contributed by atoms with Crippen molar-refractivity contribution in [2.75, 3.05) is 4.90 Å². The number of benzene rings is 8. The van der Waals surface area contributed by atoms with E-state index >= 15 is 0 Å². The summed E-state index contributed by atoms with van der Waals surface area (Å²) in [5.41, 5.74) is 14.4. The second-order valence-corrected chi connectivity index (χ2v) is 12.5. The van der Waals surface area contributed by atoms with Crippen molar-refractivity contribution in [3.8, 4) is 44.5 Å². The van der Waals surface area contributed by atoms with Gasteiger partial charge in [-0.3, -0.25) is 0 Å². The Kier molecular flexibility index (Phi) is 7.53. The fourth-order valence-corrected chi connectivity index (χ4v) is 7.24. The molecule has 0 bridgehead atoms. The molecule has 1 heterocycles. The van der Waals surface area contributed by atoms with Crippen LogP contribution in [0, 0.1) is 0 Å². The molecule has 0 unspecified atom stereocenters. The summed E-state index contributed by atoms with van der Waals surface area (Å²) in [6.07, 6.45) is 0. The van der Waals surface area contributed by atoms with E-state index in [1.807, 2.05) is 12.1 Å². The van der Waals surface area contributed by atoms with Crippen LogP contribution in [0.4, 0.5) is 17.1 Å². The molecule has 1 aromatic heterocycles. The molecule has 0 aliphatic carbocycles. The Labute approximate surface area is 292 Å². The Morgan fingerprint density at radius 3 is 1.60 bits per heavy atom. The fourth-order valence-electron chi connectivity index (χ4n) is 7.24. The van der Waals surface area contributed by atoms with E-state index in [9.17, 15) is 0 Å². The molecule has 0 aliphatic heterocycles. The first-order chi connectivity index (χ1) is 24.8. The van der Waals surface area contributed by atoms with Gasteiger partial charge in [0.2, 0.25) is 0 Å². The molecule has 8 aromatic carbocycles. The van der Waals surface area contributed by atoms with Gasteiger partial charge in [0.15, 0.2) is 5.58 Å². The van der Waals surface area contributed by atoms with Gasteiger partial charge < -0.3 is 9.32 Å². The third-order valence-corrected chi connectivity index (χ3v) is 9.48. The molecule has 0 aliphatic rings. The molecule has 2 nitrogen and oxygen atoms in total. The van der Waals surface area contributed by atoms with Gasteiger partial charge in [-0.25, -0.2) is 0 Å². The number of para-hydroxylation sites is 3. The largest absolute Gasteiger partial charge is 0.454 e. The molecule has 0 amide bonds. The highest BCUT2D eigenvalue weighted by Gasteiger charge is 2.21. The topological polar surface area (TPSA) is 16.4 Å². The lowest BCUT2D eigenvalue weighted by atomic mass is 9.84. The summed E-state index contributed by atoms with van der Waals surface area (Å²) >= 11 is 0. The predicted molar refractivity (Wildman–Crippen MR) is 210 cm³/mol. The molecular weight excluding hydrogens is 607 g/mol. The van der Waals surface area contributed by atoms with Gasteiger partial charge in [0.05, 0.1) is 5.69 Å². The van der Waals surface area contributed by atoms with Crippen molar-refractivity contribution in [2.24, 2.45) is 0 Å². The second kappa shape index (κ2) is 12.8. The van der Waals surface area contributed by atoms with Gasteiger partial charge >= 0.3 is 0 Å². The summed E-state index contributed by atoms with van der Waals surface area (Å²) in [7, 11) is 0. The van der Waals surface area contributed by atoms with Crippen molar-refractivity contribution in [3.63, 3.8) is 0 Å². The number of hydrogen-bond acceptors (Lipinski definition) is 2. The van der Waals surface area contributed by atoms with Crippen molar-refractivity contribution in [1.29, 1.82) is 0 Å². The number of nitrogens with zero attached hydrogens (tertiary/aromatic N) is 1. The van der Waals surface area contributed by atoms with E-state index in [4.69, 9.17) is 4.42 Å². The first-order valence-corrected chi connectivity index (χ1v) is 17.0. The lowest BCUT2D eigenvalue weighted by molar-refractivity contribution is 0.669. The van der Waals surface area contributed by atoms with Crippen LogP contribution in [0.5, 0.6) is 0 Å². The maximum absolute atomic E-state index is 6.58. The van der Waals surface area contributed by atoms with Crippen molar-refractivity contribution >= 4 is 39.0 Å². The Bertz CT molecular complexity index is 2590. The zero-order valence-corrected chi connectivity index (χ0v) is 27.4.